The van der Waals surface area contributed by atoms with E-state index >= 15 is 0 Å². The molecule has 11 heteroatoms. The van der Waals surface area contributed by atoms with Crippen LogP contribution in [0.4, 0.5) is 18.9 Å². The zero-order valence-corrected chi connectivity index (χ0v) is 19.6. The van der Waals surface area contributed by atoms with Gasteiger partial charge in [-0.15, -0.1) is 0 Å². The van der Waals surface area contributed by atoms with Gasteiger partial charge in [0.2, 0.25) is 0 Å². The van der Waals surface area contributed by atoms with Gasteiger partial charge in [-0.3, -0.25) is 4.68 Å². The summed E-state index contributed by atoms with van der Waals surface area (Å²) in [6, 6.07) is 3.45. The molecule has 0 spiro atoms. The molecule has 1 unspecified atom stereocenters. The van der Waals surface area contributed by atoms with Crippen molar-refractivity contribution in [2.45, 2.75) is 38.5 Å². The smallest absolute Gasteiger partial charge is 0.436 e. The number of hydrogen-bond donors (Lipinski definition) is 1. The quantitative estimate of drug-likeness (QED) is 0.555. The number of alkyl halides is 3. The molecule has 2 heterocycles. The van der Waals surface area contributed by atoms with Crippen LogP contribution in [-0.4, -0.2) is 43.1 Å². The molecule has 1 saturated heterocycles. The van der Waals surface area contributed by atoms with Gasteiger partial charge in [0.25, 0.3) is 0 Å². The SMILES string of the molecule is CNC(Cn1nc(C(F)(F)F)c(Cl)c1C)C1CCN(c2cc(OC)c(Cl)cc2Cl)CC1. The minimum atomic E-state index is -4.58. The Labute approximate surface area is 194 Å². The van der Waals surface area contributed by atoms with Gasteiger partial charge in [-0.1, -0.05) is 34.8 Å². The molecule has 0 radical (unpaired) electrons. The zero-order chi connectivity index (χ0) is 22.9. The third-order valence-corrected chi connectivity index (χ3v) is 6.86. The molecule has 2 aromatic rings. The van der Waals surface area contributed by atoms with E-state index in [2.05, 4.69) is 15.3 Å². The van der Waals surface area contributed by atoms with Crippen molar-refractivity contribution in [2.75, 3.05) is 32.1 Å². The van der Waals surface area contributed by atoms with Crippen LogP contribution < -0.4 is 15.0 Å². The highest BCUT2D eigenvalue weighted by molar-refractivity contribution is 6.37. The Morgan fingerprint density at radius 3 is 2.35 bits per heavy atom. The lowest BCUT2D eigenvalue weighted by Crippen LogP contribution is -2.44. The molecule has 1 aromatic heterocycles. The van der Waals surface area contributed by atoms with Gasteiger partial charge >= 0.3 is 6.18 Å². The summed E-state index contributed by atoms with van der Waals surface area (Å²) in [6.07, 6.45) is -2.90. The van der Waals surface area contributed by atoms with Crippen LogP contribution >= 0.6 is 34.8 Å². The summed E-state index contributed by atoms with van der Waals surface area (Å²) in [7, 11) is 3.36. The third kappa shape index (κ3) is 5.18. The molecular formula is C20H24Cl3F3N4O. The molecule has 5 nitrogen and oxygen atoms in total. The van der Waals surface area contributed by atoms with Crippen LogP contribution in [0.25, 0.3) is 0 Å². The van der Waals surface area contributed by atoms with Crippen LogP contribution in [0, 0.1) is 12.8 Å². The Hall–Kier alpha value is -1.35. The number of aromatic nitrogens is 2. The number of nitrogens with one attached hydrogen (secondary N) is 1. The fraction of sp³-hybridized carbons (Fsp3) is 0.550. The van der Waals surface area contributed by atoms with Gasteiger partial charge in [0.15, 0.2) is 5.69 Å². The summed E-state index contributed by atoms with van der Waals surface area (Å²) < 4.78 is 46.0. The van der Waals surface area contributed by atoms with E-state index in [4.69, 9.17) is 39.5 Å². The first-order valence-electron chi connectivity index (χ1n) is 9.82. The fourth-order valence-corrected chi connectivity index (χ4v) is 4.83. The molecule has 0 amide bonds. The van der Waals surface area contributed by atoms with Crippen molar-refractivity contribution >= 4 is 40.5 Å². The first-order chi connectivity index (χ1) is 14.6. The number of anilines is 1. The summed E-state index contributed by atoms with van der Waals surface area (Å²) in [5.74, 6) is 0.814. The van der Waals surface area contributed by atoms with E-state index < -0.39 is 11.9 Å². The second kappa shape index (κ2) is 9.65. The second-order valence-corrected chi connectivity index (χ2v) is 8.78. The molecule has 1 aliphatic rings. The Balaban J connectivity index is 1.70. The number of ether oxygens (including phenoxy) is 1. The average molecular weight is 500 g/mol. The molecule has 1 aliphatic heterocycles. The number of benzene rings is 1. The van der Waals surface area contributed by atoms with Crippen molar-refractivity contribution in [3.8, 4) is 5.75 Å². The Bertz CT molecular complexity index is 927. The number of nitrogens with zero attached hydrogens (tertiary/aromatic N) is 3. The molecule has 3 rings (SSSR count). The molecule has 1 N–H and O–H groups in total. The predicted molar refractivity (Wildman–Crippen MR) is 118 cm³/mol. The molecular weight excluding hydrogens is 476 g/mol. The van der Waals surface area contributed by atoms with Gasteiger partial charge in [-0.2, -0.15) is 18.3 Å². The van der Waals surface area contributed by atoms with Crippen LogP contribution in [0.2, 0.25) is 15.1 Å². The van der Waals surface area contributed by atoms with Crippen molar-refractivity contribution in [3.63, 3.8) is 0 Å². The summed E-state index contributed by atoms with van der Waals surface area (Å²) in [5, 5.41) is 7.63. The number of hydrogen-bond acceptors (Lipinski definition) is 4. The predicted octanol–water partition coefficient (Wildman–Crippen LogP) is 5.68. The largest absolute Gasteiger partial charge is 0.495 e. The lowest BCUT2D eigenvalue weighted by atomic mass is 9.89. The number of methoxy groups -OCH3 is 1. The standard InChI is InChI=1S/C20H24Cl3F3N4O/c1-11-18(23)19(20(24,25)26)28-30(11)10-15(27-2)12-4-6-29(7-5-12)16-9-17(31-3)14(22)8-13(16)21/h8-9,12,15,27H,4-7,10H2,1-3H3. The van der Waals surface area contributed by atoms with Crippen LogP contribution in [0.15, 0.2) is 12.1 Å². The highest BCUT2D eigenvalue weighted by Crippen LogP contribution is 2.38. The van der Waals surface area contributed by atoms with E-state index in [1.807, 2.05) is 13.1 Å². The van der Waals surface area contributed by atoms with Crippen LogP contribution in [0.5, 0.6) is 5.75 Å². The first-order valence-corrected chi connectivity index (χ1v) is 11.0. The van der Waals surface area contributed by atoms with E-state index in [0.29, 0.717) is 28.0 Å². The second-order valence-electron chi connectivity index (χ2n) is 7.59. The lowest BCUT2D eigenvalue weighted by Gasteiger charge is -2.37. The summed E-state index contributed by atoms with van der Waals surface area (Å²) in [5.41, 5.74) is 0.126. The van der Waals surface area contributed by atoms with Crippen molar-refractivity contribution in [2.24, 2.45) is 5.92 Å². The third-order valence-electron chi connectivity index (χ3n) is 5.81. The number of piperidine rings is 1. The van der Waals surface area contributed by atoms with Crippen LogP contribution in [0.1, 0.15) is 24.2 Å². The minimum absolute atomic E-state index is 0.0480. The molecule has 1 aromatic carbocycles. The van der Waals surface area contributed by atoms with Gasteiger partial charge in [-0.05, 0) is 38.8 Å². The maximum absolute atomic E-state index is 13.1. The van der Waals surface area contributed by atoms with Gasteiger partial charge in [0.1, 0.15) is 5.75 Å². The maximum atomic E-state index is 13.1. The van der Waals surface area contributed by atoms with E-state index in [0.717, 1.165) is 31.6 Å². The average Bonchev–Trinajstić information content (AvgIpc) is 3.01. The van der Waals surface area contributed by atoms with Crippen molar-refractivity contribution in [3.05, 3.63) is 38.6 Å². The lowest BCUT2D eigenvalue weighted by molar-refractivity contribution is -0.141. The molecule has 0 saturated carbocycles. The minimum Gasteiger partial charge on any atom is -0.495 e. The first kappa shape index (κ1) is 24.3. The Morgan fingerprint density at radius 1 is 1.19 bits per heavy atom. The van der Waals surface area contributed by atoms with Crippen LogP contribution in [-0.2, 0) is 12.7 Å². The highest BCUT2D eigenvalue weighted by Gasteiger charge is 2.38. The molecule has 0 aliphatic carbocycles. The van der Waals surface area contributed by atoms with Gasteiger partial charge in [-0.25, -0.2) is 0 Å². The number of likely N-dealkylation sites (N-methyl/N-ethyl adjacent to an activating group) is 1. The topological polar surface area (TPSA) is 42.3 Å². The van der Waals surface area contributed by atoms with Crippen molar-refractivity contribution in [1.82, 2.24) is 15.1 Å². The van der Waals surface area contributed by atoms with E-state index in [1.165, 1.54) is 4.68 Å². The van der Waals surface area contributed by atoms with Crippen molar-refractivity contribution in [1.29, 1.82) is 0 Å². The number of halogens is 6. The Morgan fingerprint density at radius 2 is 1.84 bits per heavy atom. The molecule has 172 valence electrons. The zero-order valence-electron chi connectivity index (χ0n) is 17.4. The number of rotatable bonds is 6. The Kier molecular flexibility index (Phi) is 7.56. The van der Waals surface area contributed by atoms with Crippen LogP contribution in [0.3, 0.4) is 0 Å². The summed E-state index contributed by atoms with van der Waals surface area (Å²) >= 11 is 18.4. The van der Waals surface area contributed by atoms with E-state index in [1.54, 1.807) is 20.1 Å². The highest BCUT2D eigenvalue weighted by atomic mass is 35.5. The van der Waals surface area contributed by atoms with E-state index in [-0.39, 0.29) is 17.0 Å². The van der Waals surface area contributed by atoms with Gasteiger partial charge < -0.3 is 15.0 Å². The van der Waals surface area contributed by atoms with Crippen molar-refractivity contribution < 1.29 is 17.9 Å². The maximum Gasteiger partial charge on any atom is 0.436 e. The molecule has 1 fully saturated rings. The monoisotopic (exact) mass is 498 g/mol. The van der Waals surface area contributed by atoms with Gasteiger partial charge in [0.05, 0.1) is 40.1 Å². The van der Waals surface area contributed by atoms with E-state index in [9.17, 15) is 13.2 Å². The summed E-state index contributed by atoms with van der Waals surface area (Å²) in [4.78, 5) is 2.17. The molecule has 1 atom stereocenters. The molecule has 31 heavy (non-hydrogen) atoms. The van der Waals surface area contributed by atoms with Gasteiger partial charge in [0, 0.05) is 25.2 Å². The normalized spacial score (nSPS) is 16.6. The molecule has 0 bridgehead atoms. The fourth-order valence-electron chi connectivity index (χ4n) is 4.01. The summed E-state index contributed by atoms with van der Waals surface area (Å²) in [6.45, 7) is 3.36.